The summed E-state index contributed by atoms with van der Waals surface area (Å²) in [6.45, 7) is 3.79. The number of rotatable bonds is 6. The maximum absolute atomic E-state index is 11.8. The van der Waals surface area contributed by atoms with Crippen LogP contribution in [0.2, 0.25) is 0 Å². The lowest BCUT2D eigenvalue weighted by atomic mass is 10.0. The smallest absolute Gasteiger partial charge is 0.303 e. The number of carbonyl (C=O) groups excluding carboxylic acids is 1. The van der Waals surface area contributed by atoms with Crippen molar-refractivity contribution < 1.29 is 14.7 Å². The molecule has 2 N–H and O–H groups in total. The number of hydrogen-bond donors (Lipinski definition) is 2. The largest absolute Gasteiger partial charge is 0.481 e. The van der Waals surface area contributed by atoms with Crippen LogP contribution in [0.1, 0.15) is 32.3 Å². The zero-order valence-electron chi connectivity index (χ0n) is 10.8. The van der Waals surface area contributed by atoms with Crippen molar-refractivity contribution in [1.82, 2.24) is 0 Å². The van der Waals surface area contributed by atoms with E-state index in [0.29, 0.717) is 0 Å². The molecule has 1 atom stereocenters. The van der Waals surface area contributed by atoms with Gasteiger partial charge in [-0.1, -0.05) is 32.0 Å². The Bertz CT molecular complexity index is 429. The zero-order valence-corrected chi connectivity index (χ0v) is 10.8. The van der Waals surface area contributed by atoms with Gasteiger partial charge in [-0.25, -0.2) is 0 Å². The third-order valence-corrected chi connectivity index (χ3v) is 2.73. The molecule has 98 valence electrons. The Kier molecular flexibility index (Phi) is 5.36. The lowest BCUT2D eigenvalue weighted by Crippen LogP contribution is -2.17. The number of benzene rings is 1. The molecule has 0 bridgehead atoms. The van der Waals surface area contributed by atoms with Gasteiger partial charge in [0.15, 0.2) is 0 Å². The molecule has 0 aliphatic heterocycles. The van der Waals surface area contributed by atoms with Crippen molar-refractivity contribution in [3.05, 3.63) is 29.8 Å². The summed E-state index contributed by atoms with van der Waals surface area (Å²) in [6, 6.07) is 7.63. The van der Waals surface area contributed by atoms with Crippen molar-refractivity contribution in [1.29, 1.82) is 0 Å². The Balaban J connectivity index is 2.56. The van der Waals surface area contributed by atoms with Crippen LogP contribution < -0.4 is 5.32 Å². The average Bonchev–Trinajstić information content (AvgIpc) is 2.28. The minimum absolute atomic E-state index is 0.0167. The predicted octanol–water partition coefficient (Wildman–Crippen LogP) is 2.69. The highest BCUT2D eigenvalue weighted by molar-refractivity contribution is 5.91. The molecule has 1 aromatic rings. The highest BCUT2D eigenvalue weighted by Crippen LogP contribution is 2.17. The summed E-state index contributed by atoms with van der Waals surface area (Å²) in [5.74, 6) is -1.16. The normalized spacial score (nSPS) is 11.9. The topological polar surface area (TPSA) is 66.4 Å². The molecule has 1 amide bonds. The zero-order chi connectivity index (χ0) is 13.5. The van der Waals surface area contributed by atoms with Crippen LogP contribution in [0.4, 0.5) is 5.69 Å². The van der Waals surface area contributed by atoms with E-state index in [1.54, 1.807) is 6.92 Å². The van der Waals surface area contributed by atoms with Crippen molar-refractivity contribution in [2.24, 2.45) is 5.92 Å². The van der Waals surface area contributed by atoms with Gasteiger partial charge in [-0.05, 0) is 24.0 Å². The van der Waals surface area contributed by atoms with Gasteiger partial charge < -0.3 is 10.4 Å². The molecule has 0 fully saturated rings. The molecule has 4 nitrogen and oxygen atoms in total. The Morgan fingerprint density at radius 1 is 1.28 bits per heavy atom. The number of carboxylic acid groups (broad SMARTS) is 1. The summed E-state index contributed by atoms with van der Waals surface area (Å²) in [6.07, 6.45) is 1.09. The van der Waals surface area contributed by atoms with E-state index in [1.807, 2.05) is 31.2 Å². The number of carbonyl (C=O) groups is 2. The van der Waals surface area contributed by atoms with Crippen LogP contribution in [0.3, 0.4) is 0 Å². The van der Waals surface area contributed by atoms with E-state index in [4.69, 9.17) is 5.11 Å². The molecule has 0 aromatic heterocycles. The summed E-state index contributed by atoms with van der Waals surface area (Å²) >= 11 is 0. The molecule has 0 heterocycles. The van der Waals surface area contributed by atoms with Gasteiger partial charge in [-0.15, -0.1) is 0 Å². The average molecular weight is 249 g/mol. The van der Waals surface area contributed by atoms with E-state index < -0.39 is 5.97 Å². The second kappa shape index (κ2) is 6.79. The molecule has 0 radical (unpaired) electrons. The fourth-order valence-electron chi connectivity index (χ4n) is 1.84. The van der Waals surface area contributed by atoms with Crippen molar-refractivity contribution >= 4 is 17.6 Å². The third kappa shape index (κ3) is 4.57. The fourth-order valence-corrected chi connectivity index (χ4v) is 1.84. The maximum atomic E-state index is 11.8. The van der Waals surface area contributed by atoms with Crippen LogP contribution in [0.25, 0.3) is 0 Å². The quantitative estimate of drug-likeness (QED) is 0.814. The molecule has 1 unspecified atom stereocenters. The monoisotopic (exact) mass is 249 g/mol. The van der Waals surface area contributed by atoms with Gasteiger partial charge in [0.05, 0.1) is 0 Å². The minimum atomic E-state index is -0.871. The van der Waals surface area contributed by atoms with Crippen LogP contribution in [0, 0.1) is 5.92 Å². The molecule has 1 rings (SSSR count). The number of carboxylic acids is 1. The van der Waals surface area contributed by atoms with E-state index in [1.165, 1.54) is 0 Å². The van der Waals surface area contributed by atoms with Crippen molar-refractivity contribution in [3.63, 3.8) is 0 Å². The molecule has 0 spiro atoms. The lowest BCUT2D eigenvalue weighted by molar-refractivity contribution is -0.138. The standard InChI is InChI=1S/C14H19NO3/c1-3-11-6-4-5-7-12(11)15-13(16)8-10(2)9-14(17)18/h4-7,10H,3,8-9H2,1-2H3,(H,15,16)(H,17,18). The predicted molar refractivity (Wildman–Crippen MR) is 70.5 cm³/mol. The van der Waals surface area contributed by atoms with Crippen molar-refractivity contribution in [2.75, 3.05) is 5.32 Å². The summed E-state index contributed by atoms with van der Waals surface area (Å²) in [5, 5.41) is 11.5. The van der Waals surface area contributed by atoms with Gasteiger partial charge >= 0.3 is 5.97 Å². The molecule has 1 aromatic carbocycles. The number of nitrogens with one attached hydrogen (secondary N) is 1. The van der Waals surface area contributed by atoms with E-state index >= 15 is 0 Å². The molecule has 0 aliphatic rings. The molecule has 18 heavy (non-hydrogen) atoms. The maximum Gasteiger partial charge on any atom is 0.303 e. The summed E-state index contributed by atoms with van der Waals surface area (Å²) in [4.78, 5) is 22.3. The van der Waals surface area contributed by atoms with E-state index in [0.717, 1.165) is 17.7 Å². The second-order valence-electron chi connectivity index (χ2n) is 4.47. The first-order valence-corrected chi connectivity index (χ1v) is 6.12. The Labute approximate surface area is 107 Å². The molecule has 0 saturated heterocycles. The van der Waals surface area contributed by atoms with Crippen LogP contribution in [-0.2, 0) is 16.0 Å². The highest BCUT2D eigenvalue weighted by atomic mass is 16.4. The molecule has 0 saturated carbocycles. The second-order valence-corrected chi connectivity index (χ2v) is 4.47. The number of aliphatic carboxylic acids is 1. The first-order valence-electron chi connectivity index (χ1n) is 6.12. The number of aryl methyl sites for hydroxylation is 1. The number of amides is 1. The minimum Gasteiger partial charge on any atom is -0.481 e. The molecular weight excluding hydrogens is 230 g/mol. The number of hydrogen-bond acceptors (Lipinski definition) is 2. The molecule has 0 aliphatic carbocycles. The molecular formula is C14H19NO3. The van der Waals surface area contributed by atoms with Gasteiger partial charge in [-0.3, -0.25) is 9.59 Å². The van der Waals surface area contributed by atoms with Crippen LogP contribution in [0.5, 0.6) is 0 Å². The van der Waals surface area contributed by atoms with Crippen LogP contribution >= 0.6 is 0 Å². The van der Waals surface area contributed by atoms with Gasteiger partial charge in [0.1, 0.15) is 0 Å². The summed E-state index contributed by atoms with van der Waals surface area (Å²) in [7, 11) is 0. The summed E-state index contributed by atoms with van der Waals surface area (Å²) in [5.41, 5.74) is 1.89. The van der Waals surface area contributed by atoms with E-state index in [2.05, 4.69) is 5.32 Å². The van der Waals surface area contributed by atoms with Gasteiger partial charge in [0, 0.05) is 18.5 Å². The SMILES string of the molecule is CCc1ccccc1NC(=O)CC(C)CC(=O)O. The lowest BCUT2D eigenvalue weighted by Gasteiger charge is -2.12. The first-order chi connectivity index (χ1) is 8.52. The van der Waals surface area contributed by atoms with E-state index in [9.17, 15) is 9.59 Å². The van der Waals surface area contributed by atoms with Gasteiger partial charge in [0.2, 0.25) is 5.91 Å². The van der Waals surface area contributed by atoms with Gasteiger partial charge in [-0.2, -0.15) is 0 Å². The number of para-hydroxylation sites is 1. The number of anilines is 1. The van der Waals surface area contributed by atoms with Crippen LogP contribution in [-0.4, -0.2) is 17.0 Å². The Hall–Kier alpha value is -1.84. The van der Waals surface area contributed by atoms with Crippen molar-refractivity contribution in [2.45, 2.75) is 33.1 Å². The molecule has 4 heteroatoms. The third-order valence-electron chi connectivity index (χ3n) is 2.73. The van der Waals surface area contributed by atoms with Gasteiger partial charge in [0.25, 0.3) is 0 Å². The van der Waals surface area contributed by atoms with E-state index in [-0.39, 0.29) is 24.7 Å². The fraction of sp³-hybridized carbons (Fsp3) is 0.429. The van der Waals surface area contributed by atoms with Crippen LogP contribution in [0.15, 0.2) is 24.3 Å². The van der Waals surface area contributed by atoms with Crippen molar-refractivity contribution in [3.8, 4) is 0 Å². The Morgan fingerprint density at radius 3 is 2.56 bits per heavy atom. The first kappa shape index (κ1) is 14.2. The summed E-state index contributed by atoms with van der Waals surface area (Å²) < 4.78 is 0. The highest BCUT2D eigenvalue weighted by Gasteiger charge is 2.13. The Morgan fingerprint density at radius 2 is 1.94 bits per heavy atom.